The summed E-state index contributed by atoms with van der Waals surface area (Å²) in [6.45, 7) is 1.82. The van der Waals surface area contributed by atoms with Crippen LogP contribution in [0.5, 0.6) is 0 Å². The third-order valence-corrected chi connectivity index (χ3v) is 5.96. The lowest BCUT2D eigenvalue weighted by Gasteiger charge is -2.35. The predicted molar refractivity (Wildman–Crippen MR) is 114 cm³/mol. The van der Waals surface area contributed by atoms with Gasteiger partial charge >= 0.3 is 12.2 Å². The van der Waals surface area contributed by atoms with Crippen molar-refractivity contribution < 1.29 is 22.8 Å². The molecule has 0 bridgehead atoms. The Morgan fingerprint density at radius 1 is 0.969 bits per heavy atom. The summed E-state index contributed by atoms with van der Waals surface area (Å²) in [5.74, 6) is -0.512. The van der Waals surface area contributed by atoms with Gasteiger partial charge in [-0.25, -0.2) is 4.79 Å². The highest BCUT2D eigenvalue weighted by Gasteiger charge is 2.34. The highest BCUT2D eigenvalue weighted by atomic mass is 19.4. The van der Waals surface area contributed by atoms with Gasteiger partial charge in [0.25, 0.3) is 0 Å². The zero-order valence-corrected chi connectivity index (χ0v) is 17.5. The number of urea groups is 1. The van der Waals surface area contributed by atoms with Crippen LogP contribution in [0.2, 0.25) is 0 Å². The molecule has 0 saturated carbocycles. The second-order valence-corrected chi connectivity index (χ2v) is 8.09. The summed E-state index contributed by atoms with van der Waals surface area (Å²) in [5.41, 5.74) is 1.30. The fourth-order valence-corrected chi connectivity index (χ4v) is 4.29. The molecule has 2 N–H and O–H groups in total. The number of anilines is 1. The summed E-state index contributed by atoms with van der Waals surface area (Å²) < 4.78 is 39.3. The highest BCUT2D eigenvalue weighted by molar-refractivity contribution is 5.93. The summed E-state index contributed by atoms with van der Waals surface area (Å²) in [4.78, 5) is 28.5. The van der Waals surface area contributed by atoms with Crippen molar-refractivity contribution in [2.75, 3.05) is 38.0 Å². The molecule has 170 valence electrons. The molecule has 0 spiro atoms. The van der Waals surface area contributed by atoms with Gasteiger partial charge in [0, 0.05) is 26.2 Å². The molecule has 1 atom stereocenters. The van der Waals surface area contributed by atoms with Gasteiger partial charge in [-0.1, -0.05) is 36.4 Å². The molecule has 2 aromatic rings. The minimum Gasteiger partial charge on any atom is -0.331 e. The van der Waals surface area contributed by atoms with Gasteiger partial charge in [-0.3, -0.25) is 9.69 Å². The minimum absolute atomic E-state index is 0.0104. The maximum atomic E-state index is 13.1. The van der Waals surface area contributed by atoms with Crippen LogP contribution in [0.25, 0.3) is 0 Å². The summed E-state index contributed by atoms with van der Waals surface area (Å²) in [5, 5.41) is 5.46. The van der Waals surface area contributed by atoms with Gasteiger partial charge in [0.15, 0.2) is 0 Å². The van der Waals surface area contributed by atoms with Crippen molar-refractivity contribution in [3.05, 3.63) is 65.2 Å². The molecule has 0 radical (unpaired) electrons. The normalized spacial score (nSPS) is 18.8. The number of hydrogen-bond donors (Lipinski definition) is 2. The number of alkyl halides is 3. The molecule has 6 nitrogen and oxygen atoms in total. The van der Waals surface area contributed by atoms with E-state index in [0.717, 1.165) is 24.5 Å². The second-order valence-electron chi connectivity index (χ2n) is 8.09. The van der Waals surface area contributed by atoms with E-state index in [0.29, 0.717) is 26.2 Å². The fraction of sp³-hybridized carbons (Fsp3) is 0.391. The SMILES string of the molecule is O=C(CN1CCN(C(=O)N[C@@H]2CCc3ccccc32)CC1)Nc1ccccc1C(F)(F)F. The van der Waals surface area contributed by atoms with Gasteiger partial charge < -0.3 is 15.5 Å². The lowest BCUT2D eigenvalue weighted by molar-refractivity contribution is -0.137. The Kier molecular flexibility index (Phi) is 6.36. The molecular formula is C23H25F3N4O2. The van der Waals surface area contributed by atoms with Crippen LogP contribution in [0.3, 0.4) is 0 Å². The number of carbonyl (C=O) groups excluding carboxylic acids is 2. The second kappa shape index (κ2) is 9.20. The Morgan fingerprint density at radius 2 is 1.66 bits per heavy atom. The first-order valence-electron chi connectivity index (χ1n) is 10.6. The van der Waals surface area contributed by atoms with Gasteiger partial charge in [0.05, 0.1) is 23.8 Å². The summed E-state index contributed by atoms with van der Waals surface area (Å²) in [6, 6.07) is 12.9. The van der Waals surface area contributed by atoms with Crippen molar-refractivity contribution in [1.82, 2.24) is 15.1 Å². The van der Waals surface area contributed by atoms with Gasteiger partial charge in [-0.2, -0.15) is 13.2 Å². The summed E-state index contributed by atoms with van der Waals surface area (Å²) in [6.07, 6.45) is -2.71. The molecule has 2 aromatic carbocycles. The number of halogens is 3. The molecule has 0 unspecified atom stereocenters. The fourth-order valence-electron chi connectivity index (χ4n) is 4.29. The van der Waals surface area contributed by atoms with Gasteiger partial charge in [-0.15, -0.1) is 0 Å². The zero-order valence-electron chi connectivity index (χ0n) is 17.5. The number of nitrogens with one attached hydrogen (secondary N) is 2. The first-order chi connectivity index (χ1) is 15.3. The maximum Gasteiger partial charge on any atom is 0.418 e. The minimum atomic E-state index is -4.54. The quantitative estimate of drug-likeness (QED) is 0.754. The van der Waals surface area contributed by atoms with E-state index in [2.05, 4.69) is 16.7 Å². The van der Waals surface area contributed by atoms with E-state index in [1.165, 1.54) is 23.8 Å². The van der Waals surface area contributed by atoms with E-state index < -0.39 is 17.6 Å². The third-order valence-electron chi connectivity index (χ3n) is 5.96. The molecule has 4 rings (SSSR count). The van der Waals surface area contributed by atoms with E-state index in [1.807, 2.05) is 23.1 Å². The first kappa shape index (κ1) is 22.1. The van der Waals surface area contributed by atoms with Crippen LogP contribution in [0, 0.1) is 0 Å². The van der Waals surface area contributed by atoms with Crippen molar-refractivity contribution in [3.63, 3.8) is 0 Å². The van der Waals surface area contributed by atoms with Crippen molar-refractivity contribution in [2.45, 2.75) is 25.1 Å². The molecule has 0 aromatic heterocycles. The molecule has 1 saturated heterocycles. The number of benzene rings is 2. The number of piperazine rings is 1. The number of para-hydroxylation sites is 1. The smallest absolute Gasteiger partial charge is 0.331 e. The number of carbonyl (C=O) groups is 2. The van der Waals surface area contributed by atoms with E-state index in [1.54, 1.807) is 4.90 Å². The molecule has 1 heterocycles. The number of hydrogen-bond acceptors (Lipinski definition) is 3. The highest BCUT2D eigenvalue weighted by Crippen LogP contribution is 2.34. The molecule has 2 aliphatic rings. The topological polar surface area (TPSA) is 64.7 Å². The van der Waals surface area contributed by atoms with E-state index in [4.69, 9.17) is 0 Å². The molecule has 1 aliphatic heterocycles. The van der Waals surface area contributed by atoms with Crippen LogP contribution in [-0.2, 0) is 17.4 Å². The Morgan fingerprint density at radius 3 is 2.41 bits per heavy atom. The van der Waals surface area contributed by atoms with E-state index in [9.17, 15) is 22.8 Å². The Bertz CT molecular complexity index is 987. The van der Waals surface area contributed by atoms with Crippen molar-refractivity contribution in [1.29, 1.82) is 0 Å². The van der Waals surface area contributed by atoms with E-state index in [-0.39, 0.29) is 24.3 Å². The van der Waals surface area contributed by atoms with Gasteiger partial charge in [-0.05, 0) is 36.1 Å². The Hall–Kier alpha value is -3.07. The van der Waals surface area contributed by atoms with Crippen LogP contribution < -0.4 is 10.6 Å². The summed E-state index contributed by atoms with van der Waals surface area (Å²) >= 11 is 0. The number of fused-ring (bicyclic) bond motifs is 1. The third kappa shape index (κ3) is 5.04. The molecular weight excluding hydrogens is 421 g/mol. The largest absolute Gasteiger partial charge is 0.418 e. The Balaban J connectivity index is 1.26. The molecule has 3 amide bonds. The monoisotopic (exact) mass is 446 g/mol. The zero-order chi connectivity index (χ0) is 22.7. The van der Waals surface area contributed by atoms with Crippen LogP contribution in [0.4, 0.5) is 23.7 Å². The van der Waals surface area contributed by atoms with Crippen LogP contribution in [0.15, 0.2) is 48.5 Å². The van der Waals surface area contributed by atoms with Crippen molar-refractivity contribution in [2.24, 2.45) is 0 Å². The lowest BCUT2D eigenvalue weighted by atomic mass is 10.1. The number of amides is 3. The first-order valence-corrected chi connectivity index (χ1v) is 10.6. The van der Waals surface area contributed by atoms with Gasteiger partial charge in [0.2, 0.25) is 5.91 Å². The van der Waals surface area contributed by atoms with Crippen LogP contribution in [-0.4, -0.2) is 54.5 Å². The molecule has 9 heteroatoms. The van der Waals surface area contributed by atoms with Gasteiger partial charge in [0.1, 0.15) is 0 Å². The average Bonchev–Trinajstić information content (AvgIpc) is 3.16. The van der Waals surface area contributed by atoms with Crippen molar-refractivity contribution in [3.8, 4) is 0 Å². The van der Waals surface area contributed by atoms with Crippen LogP contribution >= 0.6 is 0 Å². The predicted octanol–water partition coefficient (Wildman–Crippen LogP) is 3.66. The van der Waals surface area contributed by atoms with Crippen molar-refractivity contribution >= 4 is 17.6 Å². The maximum absolute atomic E-state index is 13.1. The Labute approximate surface area is 184 Å². The van der Waals surface area contributed by atoms with E-state index >= 15 is 0 Å². The summed E-state index contributed by atoms with van der Waals surface area (Å²) in [7, 11) is 0. The standard InChI is InChI=1S/C23H25F3N4O2/c24-23(25,26)18-7-3-4-8-20(18)27-21(31)15-29-11-13-30(14-12-29)22(32)28-19-10-9-16-5-1-2-6-17(16)19/h1-8,19H,9-15H2,(H,27,31)(H,28,32)/t19-/m1/s1. The number of rotatable bonds is 4. The lowest BCUT2D eigenvalue weighted by Crippen LogP contribution is -2.53. The molecule has 1 fully saturated rings. The molecule has 1 aliphatic carbocycles. The molecule has 32 heavy (non-hydrogen) atoms. The number of nitrogens with zero attached hydrogens (tertiary/aromatic N) is 2. The average molecular weight is 446 g/mol. The number of aryl methyl sites for hydroxylation is 1. The van der Waals surface area contributed by atoms with Crippen LogP contribution in [0.1, 0.15) is 29.2 Å².